The van der Waals surface area contributed by atoms with E-state index < -0.39 is 15.9 Å². The van der Waals surface area contributed by atoms with E-state index in [0.29, 0.717) is 32.9 Å². The Hall–Kier alpha value is -3.58. The normalized spacial score (nSPS) is 11.6. The molecular formula is C21H17N3O3S. The Labute approximate surface area is 161 Å². The van der Waals surface area contributed by atoms with E-state index in [0.717, 1.165) is 0 Å². The smallest absolute Gasteiger partial charge is 0.265 e. The lowest BCUT2D eigenvalue weighted by molar-refractivity contribution is 0.0983. The Morgan fingerprint density at radius 2 is 1.18 bits per heavy atom. The van der Waals surface area contributed by atoms with Crippen LogP contribution in [0.25, 0.3) is 21.5 Å². The zero-order valence-corrected chi connectivity index (χ0v) is 15.5. The molecule has 1 amide bonds. The number of sulfonamides is 1. The second kappa shape index (κ2) is 6.54. The van der Waals surface area contributed by atoms with Crippen LogP contribution in [-0.4, -0.2) is 14.3 Å². The molecule has 140 valence electrons. The molecule has 0 aliphatic rings. The van der Waals surface area contributed by atoms with E-state index in [-0.39, 0.29) is 10.5 Å². The van der Waals surface area contributed by atoms with Crippen LogP contribution in [-0.2, 0) is 10.0 Å². The molecule has 0 atom stereocenters. The monoisotopic (exact) mass is 391 g/mol. The lowest BCUT2D eigenvalue weighted by atomic mass is 10.0. The number of anilines is 2. The van der Waals surface area contributed by atoms with Gasteiger partial charge in [-0.05, 0) is 29.7 Å². The van der Waals surface area contributed by atoms with E-state index in [1.807, 2.05) is 0 Å². The summed E-state index contributed by atoms with van der Waals surface area (Å²) in [5, 5.41) is 2.32. The van der Waals surface area contributed by atoms with Crippen molar-refractivity contribution in [2.75, 3.05) is 11.5 Å². The number of benzene rings is 4. The Kier molecular flexibility index (Phi) is 4.16. The SMILES string of the molecule is Nc1cccc2c(C(=O)NS(=O)(=O)c3cccc4c(N)cccc34)cccc12. The number of rotatable bonds is 3. The van der Waals surface area contributed by atoms with Crippen molar-refractivity contribution in [2.24, 2.45) is 0 Å². The molecular weight excluding hydrogens is 374 g/mol. The minimum absolute atomic E-state index is 0.00889. The number of hydrogen-bond acceptors (Lipinski definition) is 5. The molecule has 0 saturated heterocycles. The second-order valence-electron chi connectivity index (χ2n) is 6.38. The molecule has 4 aromatic carbocycles. The largest absolute Gasteiger partial charge is 0.398 e. The summed E-state index contributed by atoms with van der Waals surface area (Å²) in [7, 11) is -4.12. The lowest BCUT2D eigenvalue weighted by Crippen LogP contribution is -2.30. The molecule has 0 unspecified atom stereocenters. The fourth-order valence-electron chi connectivity index (χ4n) is 3.30. The van der Waals surface area contributed by atoms with Gasteiger partial charge in [0.15, 0.2) is 0 Å². The number of amides is 1. The molecule has 0 aromatic heterocycles. The van der Waals surface area contributed by atoms with Gasteiger partial charge in [0.05, 0.1) is 4.90 Å². The van der Waals surface area contributed by atoms with Crippen molar-refractivity contribution in [1.29, 1.82) is 0 Å². The van der Waals surface area contributed by atoms with Gasteiger partial charge >= 0.3 is 0 Å². The number of fused-ring (bicyclic) bond motifs is 2. The summed E-state index contributed by atoms with van der Waals surface area (Å²) in [6, 6.07) is 20.0. The minimum Gasteiger partial charge on any atom is -0.398 e. The van der Waals surface area contributed by atoms with Crippen LogP contribution in [0.15, 0.2) is 77.7 Å². The van der Waals surface area contributed by atoms with Crippen LogP contribution < -0.4 is 16.2 Å². The maximum absolute atomic E-state index is 12.9. The van der Waals surface area contributed by atoms with E-state index in [2.05, 4.69) is 4.72 Å². The highest BCUT2D eigenvalue weighted by Crippen LogP contribution is 2.28. The summed E-state index contributed by atoms with van der Waals surface area (Å²) < 4.78 is 28.1. The fraction of sp³-hybridized carbons (Fsp3) is 0. The number of carbonyl (C=O) groups excluding carboxylic acids is 1. The van der Waals surface area contributed by atoms with Crippen LogP contribution in [0.2, 0.25) is 0 Å². The molecule has 5 N–H and O–H groups in total. The van der Waals surface area contributed by atoms with Crippen molar-refractivity contribution in [3.05, 3.63) is 78.4 Å². The molecule has 28 heavy (non-hydrogen) atoms. The molecule has 0 radical (unpaired) electrons. The highest BCUT2D eigenvalue weighted by molar-refractivity contribution is 7.90. The average molecular weight is 391 g/mol. The van der Waals surface area contributed by atoms with Crippen LogP contribution in [0.1, 0.15) is 10.4 Å². The zero-order valence-electron chi connectivity index (χ0n) is 14.7. The molecule has 0 bridgehead atoms. The van der Waals surface area contributed by atoms with E-state index in [4.69, 9.17) is 11.5 Å². The van der Waals surface area contributed by atoms with Crippen LogP contribution in [0, 0.1) is 0 Å². The molecule has 0 saturated carbocycles. The highest BCUT2D eigenvalue weighted by Gasteiger charge is 2.22. The maximum atomic E-state index is 12.9. The van der Waals surface area contributed by atoms with Crippen molar-refractivity contribution in [3.8, 4) is 0 Å². The molecule has 4 aromatic rings. The van der Waals surface area contributed by atoms with Crippen molar-refractivity contribution < 1.29 is 13.2 Å². The Morgan fingerprint density at radius 1 is 0.679 bits per heavy atom. The number of hydrogen-bond donors (Lipinski definition) is 3. The van der Waals surface area contributed by atoms with Gasteiger partial charge in [-0.1, -0.05) is 48.5 Å². The minimum atomic E-state index is -4.12. The summed E-state index contributed by atoms with van der Waals surface area (Å²) in [6.45, 7) is 0. The molecule has 0 fully saturated rings. The third kappa shape index (κ3) is 2.91. The summed E-state index contributed by atoms with van der Waals surface area (Å²) in [6.07, 6.45) is 0. The van der Waals surface area contributed by atoms with Crippen LogP contribution in [0.4, 0.5) is 11.4 Å². The lowest BCUT2D eigenvalue weighted by Gasteiger charge is -2.12. The van der Waals surface area contributed by atoms with Gasteiger partial charge in [-0.2, -0.15) is 0 Å². The van der Waals surface area contributed by atoms with E-state index in [9.17, 15) is 13.2 Å². The predicted octanol–water partition coefficient (Wildman–Crippen LogP) is 3.28. The number of carbonyl (C=O) groups is 1. The van der Waals surface area contributed by atoms with Gasteiger partial charge in [-0.15, -0.1) is 0 Å². The van der Waals surface area contributed by atoms with Crippen LogP contribution in [0.3, 0.4) is 0 Å². The van der Waals surface area contributed by atoms with Gasteiger partial charge in [-0.25, -0.2) is 13.1 Å². The Morgan fingerprint density at radius 3 is 1.86 bits per heavy atom. The standard InChI is InChI=1S/C21H17N3O3S/c22-18-10-2-5-13-14(18)6-1-9-17(13)21(25)24-28(26,27)20-12-4-7-15-16(20)8-3-11-19(15)23/h1-12H,22-23H2,(H,24,25). The molecule has 4 rings (SSSR count). The molecule has 0 aliphatic heterocycles. The summed E-state index contributed by atoms with van der Waals surface area (Å²) in [5.74, 6) is -0.725. The van der Waals surface area contributed by atoms with E-state index in [1.54, 1.807) is 66.7 Å². The third-order valence-corrected chi connectivity index (χ3v) is 6.02. The summed E-state index contributed by atoms with van der Waals surface area (Å²) >= 11 is 0. The molecule has 7 heteroatoms. The van der Waals surface area contributed by atoms with Gasteiger partial charge in [0.1, 0.15) is 0 Å². The van der Waals surface area contributed by atoms with Crippen molar-refractivity contribution >= 4 is 48.9 Å². The second-order valence-corrected chi connectivity index (χ2v) is 8.03. The first-order chi connectivity index (χ1) is 13.4. The fourth-order valence-corrected chi connectivity index (χ4v) is 4.49. The predicted molar refractivity (Wildman–Crippen MR) is 111 cm³/mol. The van der Waals surface area contributed by atoms with Crippen molar-refractivity contribution in [3.63, 3.8) is 0 Å². The van der Waals surface area contributed by atoms with Crippen LogP contribution in [0.5, 0.6) is 0 Å². The van der Waals surface area contributed by atoms with Gasteiger partial charge < -0.3 is 11.5 Å². The van der Waals surface area contributed by atoms with Gasteiger partial charge in [0.25, 0.3) is 15.9 Å². The zero-order chi connectivity index (χ0) is 19.9. The van der Waals surface area contributed by atoms with E-state index >= 15 is 0 Å². The molecule has 6 nitrogen and oxygen atoms in total. The highest BCUT2D eigenvalue weighted by atomic mass is 32.2. The Bertz CT molecular complexity index is 1350. The average Bonchev–Trinajstić information content (AvgIpc) is 2.67. The van der Waals surface area contributed by atoms with E-state index in [1.165, 1.54) is 6.07 Å². The first-order valence-corrected chi connectivity index (χ1v) is 9.98. The number of nitrogen functional groups attached to an aromatic ring is 2. The molecule has 0 spiro atoms. The van der Waals surface area contributed by atoms with Gasteiger partial charge in [0.2, 0.25) is 0 Å². The Balaban J connectivity index is 1.79. The number of nitrogens with two attached hydrogens (primary N) is 2. The van der Waals surface area contributed by atoms with Crippen molar-refractivity contribution in [1.82, 2.24) is 4.72 Å². The maximum Gasteiger partial charge on any atom is 0.265 e. The topological polar surface area (TPSA) is 115 Å². The first-order valence-electron chi connectivity index (χ1n) is 8.50. The van der Waals surface area contributed by atoms with Crippen molar-refractivity contribution in [2.45, 2.75) is 4.90 Å². The first kappa shape index (κ1) is 17.8. The van der Waals surface area contributed by atoms with Gasteiger partial charge in [-0.3, -0.25) is 4.79 Å². The quantitative estimate of drug-likeness (QED) is 0.464. The third-order valence-electron chi connectivity index (χ3n) is 4.63. The van der Waals surface area contributed by atoms with Crippen LogP contribution >= 0.6 is 0 Å². The van der Waals surface area contributed by atoms with Gasteiger partial charge in [0, 0.05) is 33.1 Å². The number of nitrogens with one attached hydrogen (secondary N) is 1. The molecule has 0 aliphatic carbocycles. The molecule has 0 heterocycles. The summed E-state index contributed by atoms with van der Waals surface area (Å²) in [5.41, 5.74) is 13.1. The summed E-state index contributed by atoms with van der Waals surface area (Å²) in [4.78, 5) is 12.8.